The second kappa shape index (κ2) is 6.49. The summed E-state index contributed by atoms with van der Waals surface area (Å²) in [5, 5.41) is 11.2. The fourth-order valence-corrected chi connectivity index (χ4v) is 1.32. The van der Waals surface area contributed by atoms with Crippen molar-refractivity contribution in [2.75, 3.05) is 18.1 Å². The summed E-state index contributed by atoms with van der Waals surface area (Å²) in [5.41, 5.74) is 0. The average Bonchev–Trinajstić information content (AvgIpc) is 1.97. The number of rotatable bonds is 6. The van der Waals surface area contributed by atoms with Gasteiger partial charge in [-0.25, -0.2) is 0 Å². The van der Waals surface area contributed by atoms with Gasteiger partial charge in [-0.05, 0) is 12.7 Å². The summed E-state index contributed by atoms with van der Waals surface area (Å²) in [4.78, 5) is 10.1. The van der Waals surface area contributed by atoms with E-state index >= 15 is 0 Å². The molecule has 66 valence electrons. The number of carboxylic acid groups (broad SMARTS) is 1. The molecule has 4 heteroatoms. The molecule has 0 radical (unpaired) electrons. The minimum Gasteiger partial charge on any atom is -0.480 e. The van der Waals surface area contributed by atoms with E-state index in [-0.39, 0.29) is 12.6 Å². The zero-order chi connectivity index (χ0) is 8.69. The Balaban J connectivity index is 3.22. The summed E-state index contributed by atoms with van der Waals surface area (Å²) in [6.45, 7) is 4.14. The number of aliphatic carboxylic acids is 1. The topological polar surface area (TPSA) is 49.3 Å². The molecule has 0 rings (SSSR count). The van der Waals surface area contributed by atoms with Gasteiger partial charge >= 0.3 is 5.97 Å². The van der Waals surface area contributed by atoms with Crippen LogP contribution in [0.15, 0.2) is 0 Å². The predicted octanol–water partition coefficient (Wildman–Crippen LogP) is 0.802. The van der Waals surface area contributed by atoms with E-state index < -0.39 is 5.97 Å². The van der Waals surface area contributed by atoms with E-state index in [1.807, 2.05) is 18.7 Å². The van der Waals surface area contributed by atoms with E-state index in [9.17, 15) is 4.79 Å². The van der Waals surface area contributed by atoms with Crippen LogP contribution in [0, 0.1) is 0 Å². The molecule has 0 aliphatic heterocycles. The molecule has 0 heterocycles. The molecule has 0 fully saturated rings. The minimum atomic E-state index is -0.793. The van der Waals surface area contributed by atoms with Crippen molar-refractivity contribution in [3.8, 4) is 0 Å². The first-order valence-corrected chi connectivity index (χ1v) is 4.85. The highest BCUT2D eigenvalue weighted by atomic mass is 32.2. The fourth-order valence-electron chi connectivity index (χ4n) is 0.615. The van der Waals surface area contributed by atoms with Crippen molar-refractivity contribution < 1.29 is 9.90 Å². The van der Waals surface area contributed by atoms with Crippen LogP contribution >= 0.6 is 11.8 Å². The van der Waals surface area contributed by atoms with Crippen molar-refractivity contribution in [1.29, 1.82) is 0 Å². The van der Waals surface area contributed by atoms with Crippen LogP contribution in [0.1, 0.15) is 13.8 Å². The zero-order valence-corrected chi connectivity index (χ0v) is 7.78. The first-order chi connectivity index (χ1) is 5.16. The molecule has 0 aliphatic rings. The zero-order valence-electron chi connectivity index (χ0n) is 6.96. The van der Waals surface area contributed by atoms with E-state index in [0.717, 1.165) is 11.5 Å². The summed E-state index contributed by atoms with van der Waals surface area (Å²) >= 11 is 1.81. The molecule has 0 bridgehead atoms. The SMILES string of the molecule is CCSCC(C)NCC(=O)O. The molecule has 2 N–H and O–H groups in total. The largest absolute Gasteiger partial charge is 0.480 e. The third-order valence-corrected chi connectivity index (χ3v) is 2.32. The molecule has 11 heavy (non-hydrogen) atoms. The van der Waals surface area contributed by atoms with Crippen molar-refractivity contribution >= 4 is 17.7 Å². The Kier molecular flexibility index (Phi) is 6.36. The Hall–Kier alpha value is -0.220. The summed E-state index contributed by atoms with van der Waals surface area (Å²) in [5.74, 6) is 1.27. The maximum Gasteiger partial charge on any atom is 0.317 e. The number of carboxylic acids is 1. The van der Waals surface area contributed by atoms with Gasteiger partial charge < -0.3 is 10.4 Å². The second-order valence-electron chi connectivity index (χ2n) is 2.34. The molecule has 0 aromatic rings. The third kappa shape index (κ3) is 7.68. The lowest BCUT2D eigenvalue weighted by Crippen LogP contribution is -2.32. The smallest absolute Gasteiger partial charge is 0.317 e. The van der Waals surface area contributed by atoms with Gasteiger partial charge in [0.1, 0.15) is 0 Å². The van der Waals surface area contributed by atoms with Gasteiger partial charge in [0.2, 0.25) is 0 Å². The molecule has 0 aromatic heterocycles. The Bertz CT molecular complexity index is 119. The lowest BCUT2D eigenvalue weighted by Gasteiger charge is -2.10. The van der Waals surface area contributed by atoms with Crippen molar-refractivity contribution in [2.24, 2.45) is 0 Å². The van der Waals surface area contributed by atoms with Crippen molar-refractivity contribution in [2.45, 2.75) is 19.9 Å². The van der Waals surface area contributed by atoms with Crippen LogP contribution in [0.5, 0.6) is 0 Å². The van der Waals surface area contributed by atoms with E-state index in [1.54, 1.807) is 0 Å². The van der Waals surface area contributed by atoms with Gasteiger partial charge in [-0.1, -0.05) is 6.92 Å². The summed E-state index contributed by atoms with van der Waals surface area (Å²) < 4.78 is 0. The molecular weight excluding hydrogens is 162 g/mol. The number of carbonyl (C=O) groups is 1. The van der Waals surface area contributed by atoms with E-state index in [4.69, 9.17) is 5.11 Å². The third-order valence-electron chi connectivity index (χ3n) is 1.17. The van der Waals surface area contributed by atoms with Gasteiger partial charge in [-0.15, -0.1) is 0 Å². The van der Waals surface area contributed by atoms with Crippen LogP contribution < -0.4 is 5.32 Å². The van der Waals surface area contributed by atoms with Crippen LogP contribution in [-0.4, -0.2) is 35.2 Å². The van der Waals surface area contributed by atoms with E-state index in [0.29, 0.717) is 0 Å². The highest BCUT2D eigenvalue weighted by Crippen LogP contribution is 2.00. The molecule has 0 saturated heterocycles. The molecule has 0 spiro atoms. The minimum absolute atomic E-state index is 0.0610. The van der Waals surface area contributed by atoms with Gasteiger partial charge in [0.25, 0.3) is 0 Å². The molecule has 0 aromatic carbocycles. The van der Waals surface area contributed by atoms with Crippen molar-refractivity contribution in [1.82, 2.24) is 5.32 Å². The molecule has 1 atom stereocenters. The van der Waals surface area contributed by atoms with Crippen molar-refractivity contribution in [3.05, 3.63) is 0 Å². The van der Waals surface area contributed by atoms with Gasteiger partial charge in [0.05, 0.1) is 6.54 Å². The summed E-state index contributed by atoms with van der Waals surface area (Å²) in [6.07, 6.45) is 0. The number of hydrogen-bond donors (Lipinski definition) is 2. The van der Waals surface area contributed by atoms with Crippen LogP contribution in [0.4, 0.5) is 0 Å². The van der Waals surface area contributed by atoms with Gasteiger partial charge in [-0.2, -0.15) is 11.8 Å². The van der Waals surface area contributed by atoms with Crippen LogP contribution in [0.2, 0.25) is 0 Å². The Morgan fingerprint density at radius 3 is 2.82 bits per heavy atom. The predicted molar refractivity (Wildman–Crippen MR) is 48.1 cm³/mol. The lowest BCUT2D eigenvalue weighted by molar-refractivity contribution is -0.136. The Morgan fingerprint density at radius 2 is 2.36 bits per heavy atom. The standard InChI is InChI=1S/C7H15NO2S/c1-3-11-5-6(2)8-4-7(9)10/h6,8H,3-5H2,1-2H3,(H,9,10). The average molecular weight is 177 g/mol. The Morgan fingerprint density at radius 1 is 1.73 bits per heavy atom. The highest BCUT2D eigenvalue weighted by Gasteiger charge is 2.02. The summed E-state index contributed by atoms with van der Waals surface area (Å²) in [6, 6.07) is 0.288. The number of thioether (sulfide) groups is 1. The monoisotopic (exact) mass is 177 g/mol. The van der Waals surface area contributed by atoms with Crippen LogP contribution in [-0.2, 0) is 4.79 Å². The Labute approximate surface area is 71.6 Å². The molecular formula is C7H15NO2S. The second-order valence-corrected chi connectivity index (χ2v) is 3.65. The summed E-state index contributed by atoms with van der Waals surface area (Å²) in [7, 11) is 0. The first-order valence-electron chi connectivity index (χ1n) is 3.69. The first kappa shape index (κ1) is 10.8. The van der Waals surface area contributed by atoms with Gasteiger partial charge in [0, 0.05) is 11.8 Å². The van der Waals surface area contributed by atoms with Gasteiger partial charge in [0.15, 0.2) is 0 Å². The molecule has 0 aliphatic carbocycles. The van der Waals surface area contributed by atoms with Crippen LogP contribution in [0.3, 0.4) is 0 Å². The fraction of sp³-hybridized carbons (Fsp3) is 0.857. The molecule has 0 saturated carbocycles. The molecule has 1 unspecified atom stereocenters. The van der Waals surface area contributed by atoms with Crippen molar-refractivity contribution in [3.63, 3.8) is 0 Å². The maximum atomic E-state index is 10.1. The maximum absolute atomic E-state index is 10.1. The quantitative estimate of drug-likeness (QED) is 0.630. The lowest BCUT2D eigenvalue weighted by atomic mass is 10.4. The molecule has 0 amide bonds. The number of hydrogen-bond acceptors (Lipinski definition) is 3. The van der Waals surface area contributed by atoms with E-state index in [1.165, 1.54) is 0 Å². The molecule has 3 nitrogen and oxygen atoms in total. The highest BCUT2D eigenvalue weighted by molar-refractivity contribution is 7.99. The number of nitrogens with one attached hydrogen (secondary N) is 1. The van der Waals surface area contributed by atoms with E-state index in [2.05, 4.69) is 12.2 Å². The van der Waals surface area contributed by atoms with Crippen LogP contribution in [0.25, 0.3) is 0 Å². The normalized spacial score (nSPS) is 12.9. The van der Waals surface area contributed by atoms with Gasteiger partial charge in [-0.3, -0.25) is 4.79 Å².